The molecular formula is C19H19N5. The van der Waals surface area contributed by atoms with Crippen LogP contribution < -0.4 is 5.32 Å². The van der Waals surface area contributed by atoms with Gasteiger partial charge in [0.25, 0.3) is 0 Å². The van der Waals surface area contributed by atoms with Crippen LogP contribution in [-0.2, 0) is 12.8 Å². The van der Waals surface area contributed by atoms with Gasteiger partial charge in [0.1, 0.15) is 11.5 Å². The fraction of sp³-hybridized carbons (Fsp3) is 0.263. The monoisotopic (exact) mass is 317 g/mol. The van der Waals surface area contributed by atoms with E-state index in [0.717, 1.165) is 36.5 Å². The van der Waals surface area contributed by atoms with Gasteiger partial charge in [-0.25, -0.2) is 9.97 Å². The lowest BCUT2D eigenvalue weighted by Crippen LogP contribution is -2.12. The Morgan fingerprint density at radius 3 is 2.67 bits per heavy atom. The van der Waals surface area contributed by atoms with Crippen LogP contribution in [0.2, 0.25) is 0 Å². The van der Waals surface area contributed by atoms with Gasteiger partial charge in [0, 0.05) is 29.8 Å². The van der Waals surface area contributed by atoms with Gasteiger partial charge in [-0.1, -0.05) is 6.07 Å². The summed E-state index contributed by atoms with van der Waals surface area (Å²) in [5, 5.41) is 3.56. The minimum atomic E-state index is 0.157. The molecule has 0 saturated heterocycles. The molecule has 1 atom stereocenters. The molecule has 1 unspecified atom stereocenters. The van der Waals surface area contributed by atoms with Crippen molar-refractivity contribution in [3.63, 3.8) is 0 Å². The molecule has 1 N–H and O–H groups in total. The Kier molecular flexibility index (Phi) is 3.91. The third-order valence-corrected chi connectivity index (χ3v) is 4.39. The van der Waals surface area contributed by atoms with Gasteiger partial charge in [-0.05, 0) is 56.0 Å². The maximum atomic E-state index is 4.78. The first-order valence-corrected chi connectivity index (χ1v) is 8.29. The number of aryl methyl sites for hydroxylation is 1. The molecule has 0 bridgehead atoms. The Hall–Kier alpha value is -2.82. The summed E-state index contributed by atoms with van der Waals surface area (Å²) < 4.78 is 0. The predicted molar refractivity (Wildman–Crippen MR) is 93.6 cm³/mol. The molecule has 3 aromatic heterocycles. The normalized spacial score (nSPS) is 14.2. The molecule has 120 valence electrons. The highest BCUT2D eigenvalue weighted by Crippen LogP contribution is 2.30. The van der Waals surface area contributed by atoms with E-state index >= 15 is 0 Å². The predicted octanol–water partition coefficient (Wildman–Crippen LogP) is 3.60. The van der Waals surface area contributed by atoms with Gasteiger partial charge in [-0.3, -0.25) is 9.97 Å². The van der Waals surface area contributed by atoms with Gasteiger partial charge < -0.3 is 5.32 Å². The summed E-state index contributed by atoms with van der Waals surface area (Å²) in [6.45, 7) is 2.14. The fourth-order valence-electron chi connectivity index (χ4n) is 3.10. The van der Waals surface area contributed by atoms with Crippen molar-refractivity contribution in [3.8, 4) is 11.5 Å². The molecule has 0 aliphatic heterocycles. The first kappa shape index (κ1) is 14.8. The Morgan fingerprint density at radius 2 is 1.88 bits per heavy atom. The van der Waals surface area contributed by atoms with Crippen molar-refractivity contribution in [2.24, 2.45) is 0 Å². The molecule has 1 aliphatic rings. The van der Waals surface area contributed by atoms with E-state index in [2.05, 4.69) is 22.2 Å². The van der Waals surface area contributed by atoms with Gasteiger partial charge >= 0.3 is 0 Å². The van der Waals surface area contributed by atoms with Crippen LogP contribution >= 0.6 is 0 Å². The van der Waals surface area contributed by atoms with Crippen LogP contribution in [0.15, 0.2) is 48.9 Å². The maximum Gasteiger partial charge on any atom is 0.180 e. The SMILES string of the molecule is CC(Nc1nc(-c2ccccn2)nc2c1CCC2)c1ccncc1. The van der Waals surface area contributed by atoms with Crippen molar-refractivity contribution in [1.29, 1.82) is 0 Å². The van der Waals surface area contributed by atoms with Crippen molar-refractivity contribution < 1.29 is 0 Å². The smallest absolute Gasteiger partial charge is 0.180 e. The number of hydrogen-bond acceptors (Lipinski definition) is 5. The summed E-state index contributed by atoms with van der Waals surface area (Å²) in [5.41, 5.74) is 4.40. The molecule has 4 rings (SSSR count). The molecule has 0 spiro atoms. The third kappa shape index (κ3) is 2.85. The molecule has 3 heterocycles. The summed E-state index contributed by atoms with van der Waals surface area (Å²) in [7, 11) is 0. The summed E-state index contributed by atoms with van der Waals surface area (Å²) in [6.07, 6.45) is 8.58. The van der Waals surface area contributed by atoms with Gasteiger partial charge in [-0.15, -0.1) is 0 Å². The van der Waals surface area contributed by atoms with Gasteiger partial charge in [0.15, 0.2) is 5.82 Å². The lowest BCUT2D eigenvalue weighted by Gasteiger charge is -2.18. The standard InChI is InChI=1S/C19H19N5/c1-13(14-8-11-20-12-9-14)22-18-15-5-4-7-16(15)23-19(24-18)17-6-2-3-10-21-17/h2-3,6,8-13H,4-5,7H2,1H3,(H,22,23,24). The Balaban J connectivity index is 1.71. The average Bonchev–Trinajstić information content (AvgIpc) is 3.12. The van der Waals surface area contributed by atoms with Crippen LogP contribution in [0, 0.1) is 0 Å². The van der Waals surface area contributed by atoms with Gasteiger partial charge in [0.2, 0.25) is 0 Å². The number of fused-ring (bicyclic) bond motifs is 1. The zero-order chi connectivity index (χ0) is 16.4. The van der Waals surface area contributed by atoms with Crippen LogP contribution in [0.4, 0.5) is 5.82 Å². The van der Waals surface area contributed by atoms with Crippen LogP contribution in [-0.4, -0.2) is 19.9 Å². The minimum Gasteiger partial charge on any atom is -0.363 e. The molecule has 0 aromatic carbocycles. The quantitative estimate of drug-likeness (QED) is 0.796. The first-order valence-electron chi connectivity index (χ1n) is 8.29. The molecule has 3 aromatic rings. The van der Waals surface area contributed by atoms with E-state index < -0.39 is 0 Å². The largest absolute Gasteiger partial charge is 0.363 e. The molecule has 0 amide bonds. The average molecular weight is 317 g/mol. The van der Waals surface area contributed by atoms with E-state index in [-0.39, 0.29) is 6.04 Å². The van der Waals surface area contributed by atoms with Gasteiger partial charge in [0.05, 0.1) is 6.04 Å². The van der Waals surface area contributed by atoms with E-state index in [0.29, 0.717) is 5.82 Å². The molecule has 0 radical (unpaired) electrons. The zero-order valence-electron chi connectivity index (χ0n) is 13.6. The van der Waals surface area contributed by atoms with Crippen molar-refractivity contribution >= 4 is 5.82 Å². The van der Waals surface area contributed by atoms with Crippen molar-refractivity contribution in [2.75, 3.05) is 5.32 Å². The molecule has 24 heavy (non-hydrogen) atoms. The van der Waals surface area contributed by atoms with Crippen molar-refractivity contribution in [2.45, 2.75) is 32.2 Å². The Labute approximate surface area is 141 Å². The number of rotatable bonds is 4. The molecule has 5 nitrogen and oxygen atoms in total. The zero-order valence-corrected chi connectivity index (χ0v) is 13.6. The lowest BCUT2D eigenvalue weighted by molar-refractivity contribution is 0.860. The molecular weight excluding hydrogens is 298 g/mol. The third-order valence-electron chi connectivity index (χ3n) is 4.39. The summed E-state index contributed by atoms with van der Waals surface area (Å²) in [4.78, 5) is 18.0. The number of pyridine rings is 2. The van der Waals surface area contributed by atoms with Crippen LogP contribution in [0.5, 0.6) is 0 Å². The van der Waals surface area contributed by atoms with Gasteiger partial charge in [-0.2, -0.15) is 0 Å². The minimum absolute atomic E-state index is 0.157. The topological polar surface area (TPSA) is 63.6 Å². The molecule has 0 fully saturated rings. The first-order chi connectivity index (χ1) is 11.8. The van der Waals surface area contributed by atoms with Crippen molar-refractivity contribution in [1.82, 2.24) is 19.9 Å². The molecule has 0 saturated carbocycles. The summed E-state index contributed by atoms with van der Waals surface area (Å²) >= 11 is 0. The number of hydrogen-bond donors (Lipinski definition) is 1. The molecule has 5 heteroatoms. The van der Waals surface area contributed by atoms with Crippen LogP contribution in [0.1, 0.15) is 36.2 Å². The highest BCUT2D eigenvalue weighted by atomic mass is 15.1. The van der Waals surface area contributed by atoms with E-state index in [4.69, 9.17) is 9.97 Å². The van der Waals surface area contributed by atoms with Crippen LogP contribution in [0.25, 0.3) is 11.5 Å². The summed E-state index contributed by atoms with van der Waals surface area (Å²) in [6, 6.07) is 10.0. The second kappa shape index (κ2) is 6.35. The highest BCUT2D eigenvalue weighted by molar-refractivity contribution is 5.58. The summed E-state index contributed by atoms with van der Waals surface area (Å²) in [5.74, 6) is 1.63. The Morgan fingerprint density at radius 1 is 1.00 bits per heavy atom. The maximum absolute atomic E-state index is 4.78. The number of nitrogens with zero attached hydrogens (tertiary/aromatic N) is 4. The lowest BCUT2D eigenvalue weighted by atomic mass is 10.1. The second-order valence-electron chi connectivity index (χ2n) is 6.04. The van der Waals surface area contributed by atoms with E-state index in [1.54, 1.807) is 6.20 Å². The fourth-order valence-corrected chi connectivity index (χ4v) is 3.10. The Bertz CT molecular complexity index is 833. The number of aromatic nitrogens is 4. The van der Waals surface area contributed by atoms with Crippen molar-refractivity contribution in [3.05, 3.63) is 65.7 Å². The van der Waals surface area contributed by atoms with E-state index in [1.807, 2.05) is 42.7 Å². The van der Waals surface area contributed by atoms with E-state index in [1.165, 1.54) is 11.1 Å². The van der Waals surface area contributed by atoms with Crippen LogP contribution in [0.3, 0.4) is 0 Å². The number of anilines is 1. The van der Waals surface area contributed by atoms with E-state index in [9.17, 15) is 0 Å². The molecule has 1 aliphatic carbocycles. The number of nitrogens with one attached hydrogen (secondary N) is 1. The second-order valence-corrected chi connectivity index (χ2v) is 6.04. The highest BCUT2D eigenvalue weighted by Gasteiger charge is 2.21.